The van der Waals surface area contributed by atoms with Crippen LogP contribution in [-0.4, -0.2) is 54.5 Å². The smallest absolute Gasteiger partial charge is 0.256 e. The molecule has 148 valence electrons. The average Bonchev–Trinajstić information content (AvgIpc) is 2.76. The molecule has 0 aromatic heterocycles. The molecule has 6 nitrogen and oxygen atoms in total. The number of amides is 2. The lowest BCUT2D eigenvalue weighted by molar-refractivity contribution is -0.180. The molecule has 2 aromatic rings. The summed E-state index contributed by atoms with van der Waals surface area (Å²) in [6.45, 7) is 0.540. The Labute approximate surface area is 168 Å². The van der Waals surface area contributed by atoms with Crippen molar-refractivity contribution in [2.24, 2.45) is 0 Å². The third-order valence-electron chi connectivity index (χ3n) is 5.95. The Morgan fingerprint density at radius 1 is 1.28 bits per heavy atom. The van der Waals surface area contributed by atoms with Gasteiger partial charge >= 0.3 is 0 Å². The quantitative estimate of drug-likeness (QED) is 0.785. The van der Waals surface area contributed by atoms with E-state index in [4.69, 9.17) is 10.00 Å². The second-order valence-corrected chi connectivity index (χ2v) is 7.35. The molecule has 0 N–H and O–H groups in total. The zero-order valence-corrected chi connectivity index (χ0v) is 16.0. The molecule has 2 saturated heterocycles. The van der Waals surface area contributed by atoms with E-state index in [1.54, 1.807) is 16.8 Å². The number of fused-ring (bicyclic) bond motifs is 1. The van der Waals surface area contributed by atoms with Gasteiger partial charge in [-0.3, -0.25) is 9.59 Å². The fourth-order valence-corrected chi connectivity index (χ4v) is 4.34. The number of hydrogen-bond donors (Lipinski definition) is 0. The fraction of sp³-hybridized carbons (Fsp3) is 0.318. The molecule has 2 atom stereocenters. The first-order valence-corrected chi connectivity index (χ1v) is 9.40. The van der Waals surface area contributed by atoms with Crippen molar-refractivity contribution < 1.29 is 18.7 Å². The third kappa shape index (κ3) is 3.06. The number of carbonyl (C=O) groups is 2. The lowest BCUT2D eigenvalue weighted by atomic mass is 9.76. The molecule has 7 heteroatoms. The van der Waals surface area contributed by atoms with E-state index < -0.39 is 23.4 Å². The van der Waals surface area contributed by atoms with Gasteiger partial charge < -0.3 is 14.5 Å². The van der Waals surface area contributed by atoms with Gasteiger partial charge in [0.2, 0.25) is 5.91 Å². The van der Waals surface area contributed by atoms with Crippen LogP contribution in [0.4, 0.5) is 4.39 Å². The van der Waals surface area contributed by atoms with Crippen LogP contribution in [0.1, 0.15) is 27.9 Å². The molecule has 2 aromatic carbocycles. The Kier molecular flexibility index (Phi) is 4.81. The number of likely N-dealkylation sites (N-methyl/N-ethyl adjacent to an activating group) is 1. The first-order valence-electron chi connectivity index (χ1n) is 9.40. The van der Waals surface area contributed by atoms with Crippen molar-refractivity contribution >= 4 is 11.8 Å². The Bertz CT molecular complexity index is 1000. The molecule has 0 bridgehead atoms. The topological polar surface area (TPSA) is 73.6 Å². The highest BCUT2D eigenvalue weighted by atomic mass is 19.1. The van der Waals surface area contributed by atoms with Crippen molar-refractivity contribution in [3.63, 3.8) is 0 Å². The summed E-state index contributed by atoms with van der Waals surface area (Å²) >= 11 is 0. The van der Waals surface area contributed by atoms with Gasteiger partial charge in [0.15, 0.2) is 0 Å². The average molecular weight is 393 g/mol. The van der Waals surface area contributed by atoms with Crippen LogP contribution in [-0.2, 0) is 15.1 Å². The zero-order chi connectivity index (χ0) is 20.6. The lowest BCUT2D eigenvalue weighted by Gasteiger charge is -2.54. The maximum atomic E-state index is 14.3. The second-order valence-electron chi connectivity index (χ2n) is 7.35. The molecule has 0 saturated carbocycles. The van der Waals surface area contributed by atoms with Crippen LogP contribution in [0.25, 0.3) is 0 Å². The number of nitrogens with zero attached hydrogens (tertiary/aromatic N) is 3. The largest absolute Gasteiger partial charge is 0.364 e. The fourth-order valence-electron chi connectivity index (χ4n) is 4.34. The van der Waals surface area contributed by atoms with E-state index in [2.05, 4.69) is 0 Å². The van der Waals surface area contributed by atoms with Gasteiger partial charge in [-0.2, -0.15) is 5.26 Å². The predicted molar refractivity (Wildman–Crippen MR) is 102 cm³/mol. The standard InChI is InChI=1S/C22H20FN3O3/c1-25-20(27)14-29-19-13-26(10-9-22(19,25)16-5-3-2-4-6-16)21(28)17-8-7-15(12-24)11-18(17)23/h2-8,11,19H,9-10,13-14H2,1H3/t19-,22+/m1/s1. The molecule has 4 rings (SSSR count). The highest BCUT2D eigenvalue weighted by Gasteiger charge is 2.53. The van der Waals surface area contributed by atoms with E-state index in [9.17, 15) is 14.0 Å². The van der Waals surface area contributed by atoms with Crippen molar-refractivity contribution in [1.82, 2.24) is 9.80 Å². The molecular weight excluding hydrogens is 373 g/mol. The van der Waals surface area contributed by atoms with Crippen LogP contribution >= 0.6 is 0 Å². The molecular formula is C22H20FN3O3. The summed E-state index contributed by atoms with van der Waals surface area (Å²) in [5.41, 5.74) is 0.376. The first-order chi connectivity index (χ1) is 14.0. The number of likely N-dealkylation sites (tertiary alicyclic amines) is 1. The van der Waals surface area contributed by atoms with Crippen LogP contribution < -0.4 is 0 Å². The number of nitriles is 1. The summed E-state index contributed by atoms with van der Waals surface area (Å²) in [5, 5.41) is 8.89. The normalized spacial score (nSPS) is 24.0. The summed E-state index contributed by atoms with van der Waals surface area (Å²) in [4.78, 5) is 28.6. The lowest BCUT2D eigenvalue weighted by Crippen LogP contribution is -2.67. The Balaban J connectivity index is 1.65. The van der Waals surface area contributed by atoms with Gasteiger partial charge in [-0.1, -0.05) is 30.3 Å². The van der Waals surface area contributed by atoms with Crippen LogP contribution in [0.2, 0.25) is 0 Å². The minimum Gasteiger partial charge on any atom is -0.364 e. The minimum atomic E-state index is -0.717. The van der Waals surface area contributed by atoms with E-state index in [1.807, 2.05) is 36.4 Å². The van der Waals surface area contributed by atoms with Crippen LogP contribution in [0.5, 0.6) is 0 Å². The molecule has 2 amide bonds. The van der Waals surface area contributed by atoms with E-state index in [0.717, 1.165) is 11.6 Å². The Morgan fingerprint density at radius 2 is 2.03 bits per heavy atom. The first kappa shape index (κ1) is 19.1. The van der Waals surface area contributed by atoms with Crippen molar-refractivity contribution in [3.8, 4) is 6.07 Å². The minimum absolute atomic E-state index is 0.0526. The van der Waals surface area contributed by atoms with Crippen molar-refractivity contribution in [1.29, 1.82) is 5.26 Å². The van der Waals surface area contributed by atoms with Gasteiger partial charge in [0.25, 0.3) is 5.91 Å². The molecule has 2 fully saturated rings. The summed E-state index contributed by atoms with van der Waals surface area (Å²) in [6, 6.07) is 15.4. The number of morpholine rings is 1. The van der Waals surface area contributed by atoms with E-state index >= 15 is 0 Å². The number of benzene rings is 2. The predicted octanol–water partition coefficient (Wildman–Crippen LogP) is 2.30. The maximum absolute atomic E-state index is 14.3. The summed E-state index contributed by atoms with van der Waals surface area (Å²) in [7, 11) is 1.77. The highest BCUT2D eigenvalue weighted by Crippen LogP contribution is 2.42. The van der Waals surface area contributed by atoms with E-state index in [1.165, 1.54) is 12.1 Å². The summed E-state index contributed by atoms with van der Waals surface area (Å²) in [5.74, 6) is -1.27. The van der Waals surface area contributed by atoms with Crippen LogP contribution in [0.3, 0.4) is 0 Å². The van der Waals surface area contributed by atoms with Crippen molar-refractivity contribution in [2.45, 2.75) is 18.1 Å². The number of hydrogen-bond acceptors (Lipinski definition) is 4. The number of rotatable bonds is 2. The molecule has 0 spiro atoms. The third-order valence-corrected chi connectivity index (χ3v) is 5.95. The van der Waals surface area contributed by atoms with Gasteiger partial charge in [0.05, 0.1) is 22.7 Å². The molecule has 0 aliphatic carbocycles. The van der Waals surface area contributed by atoms with Gasteiger partial charge in [0.1, 0.15) is 18.5 Å². The molecule has 0 unspecified atom stereocenters. The van der Waals surface area contributed by atoms with Gasteiger partial charge in [-0.05, 0) is 30.2 Å². The van der Waals surface area contributed by atoms with Gasteiger partial charge in [-0.25, -0.2) is 4.39 Å². The Hall–Kier alpha value is -3.24. The molecule has 2 aliphatic rings. The van der Waals surface area contributed by atoms with Crippen LogP contribution in [0, 0.1) is 17.1 Å². The summed E-state index contributed by atoms with van der Waals surface area (Å²) in [6.07, 6.45) is 0.0554. The van der Waals surface area contributed by atoms with Crippen molar-refractivity contribution in [2.75, 3.05) is 26.7 Å². The second kappa shape index (κ2) is 7.30. The number of ether oxygens (including phenoxy) is 1. The highest BCUT2D eigenvalue weighted by molar-refractivity contribution is 5.94. The number of carbonyl (C=O) groups excluding carboxylic acids is 2. The molecule has 2 heterocycles. The van der Waals surface area contributed by atoms with E-state index in [-0.39, 0.29) is 30.2 Å². The summed E-state index contributed by atoms with van der Waals surface area (Å²) < 4.78 is 20.2. The maximum Gasteiger partial charge on any atom is 0.256 e. The molecule has 2 aliphatic heterocycles. The SMILES string of the molecule is CN1C(=O)CO[C@@H]2CN(C(=O)c3ccc(C#N)cc3F)CC[C@]21c1ccccc1. The number of piperidine rings is 1. The van der Waals surface area contributed by atoms with E-state index in [0.29, 0.717) is 13.0 Å². The van der Waals surface area contributed by atoms with Crippen LogP contribution in [0.15, 0.2) is 48.5 Å². The number of halogens is 1. The monoisotopic (exact) mass is 393 g/mol. The van der Waals surface area contributed by atoms with Gasteiger partial charge in [-0.15, -0.1) is 0 Å². The van der Waals surface area contributed by atoms with Crippen molar-refractivity contribution in [3.05, 3.63) is 71.0 Å². The van der Waals surface area contributed by atoms with Gasteiger partial charge in [0, 0.05) is 20.1 Å². The zero-order valence-electron chi connectivity index (χ0n) is 16.0. The molecule has 29 heavy (non-hydrogen) atoms. The Morgan fingerprint density at radius 3 is 2.72 bits per heavy atom. The molecule has 0 radical (unpaired) electrons.